The molecule has 0 amide bonds. The van der Waals surface area contributed by atoms with E-state index >= 15 is 0 Å². The first-order chi connectivity index (χ1) is 10.2. The van der Waals surface area contributed by atoms with Gasteiger partial charge in [-0.3, -0.25) is 0 Å². The molecule has 0 aromatic heterocycles. The minimum absolute atomic E-state index is 0.166. The van der Waals surface area contributed by atoms with Crippen LogP contribution in [-0.4, -0.2) is 18.4 Å². The molecule has 0 atom stereocenters. The molecule has 1 N–H and O–H groups in total. The highest BCUT2D eigenvalue weighted by Gasteiger charge is 2.18. The number of rotatable bonds is 4. The number of aromatic hydroxyl groups is 1. The second-order valence-corrected chi connectivity index (χ2v) is 4.82. The molecule has 2 aromatic rings. The normalized spacial score (nSPS) is 12.5. The molecule has 0 fully saturated rings. The van der Waals surface area contributed by atoms with E-state index in [9.17, 15) is 9.50 Å². The number of ether oxygens (including phenoxy) is 2. The third-order valence-corrected chi connectivity index (χ3v) is 3.51. The maximum absolute atomic E-state index is 13.0. The zero-order valence-corrected chi connectivity index (χ0v) is 11.7. The Balaban J connectivity index is 1.85. The number of phenols is 1. The van der Waals surface area contributed by atoms with E-state index in [1.807, 2.05) is 11.8 Å². The summed E-state index contributed by atoms with van der Waals surface area (Å²) < 4.78 is 23.6. The Labute approximate surface area is 122 Å². The van der Waals surface area contributed by atoms with Crippen LogP contribution in [-0.2, 0) is 6.54 Å². The summed E-state index contributed by atoms with van der Waals surface area (Å²) in [6.07, 6.45) is 0. The lowest BCUT2D eigenvalue weighted by Gasteiger charge is -2.23. The number of hydrogen-bond acceptors (Lipinski definition) is 4. The lowest BCUT2D eigenvalue weighted by molar-refractivity contribution is 0.174. The van der Waals surface area contributed by atoms with Crippen LogP contribution in [0.15, 0.2) is 36.4 Å². The van der Waals surface area contributed by atoms with E-state index in [1.54, 1.807) is 24.3 Å². The summed E-state index contributed by atoms with van der Waals surface area (Å²) in [5.74, 6) is 1.10. The summed E-state index contributed by atoms with van der Waals surface area (Å²) >= 11 is 0. The van der Waals surface area contributed by atoms with Gasteiger partial charge in [0.25, 0.3) is 0 Å². The van der Waals surface area contributed by atoms with Gasteiger partial charge in [-0.1, -0.05) is 0 Å². The van der Waals surface area contributed by atoms with Crippen molar-refractivity contribution in [2.45, 2.75) is 13.5 Å². The van der Waals surface area contributed by atoms with E-state index in [-0.39, 0.29) is 18.4 Å². The van der Waals surface area contributed by atoms with Crippen LogP contribution < -0.4 is 14.4 Å². The molecule has 5 heteroatoms. The fourth-order valence-electron chi connectivity index (χ4n) is 2.34. The van der Waals surface area contributed by atoms with E-state index in [2.05, 4.69) is 0 Å². The average Bonchev–Trinajstić information content (AvgIpc) is 2.93. The van der Waals surface area contributed by atoms with Gasteiger partial charge >= 0.3 is 0 Å². The van der Waals surface area contributed by atoms with Crippen molar-refractivity contribution in [3.05, 3.63) is 47.8 Å². The zero-order valence-electron chi connectivity index (χ0n) is 11.7. The minimum Gasteiger partial charge on any atom is -0.507 e. The fraction of sp³-hybridized carbons (Fsp3) is 0.250. The van der Waals surface area contributed by atoms with Gasteiger partial charge in [0.1, 0.15) is 11.6 Å². The van der Waals surface area contributed by atoms with Gasteiger partial charge in [-0.05, 0) is 37.3 Å². The van der Waals surface area contributed by atoms with Crippen molar-refractivity contribution >= 4 is 5.69 Å². The van der Waals surface area contributed by atoms with Crippen LogP contribution >= 0.6 is 0 Å². The Morgan fingerprint density at radius 1 is 1.14 bits per heavy atom. The first kappa shape index (κ1) is 13.5. The molecule has 0 spiro atoms. The van der Waals surface area contributed by atoms with Crippen molar-refractivity contribution in [1.29, 1.82) is 0 Å². The predicted octanol–water partition coefficient (Wildman–Crippen LogP) is 3.29. The van der Waals surface area contributed by atoms with E-state index in [4.69, 9.17) is 9.47 Å². The largest absolute Gasteiger partial charge is 0.507 e. The molecule has 1 aliphatic rings. The summed E-state index contributed by atoms with van der Waals surface area (Å²) in [6.45, 7) is 3.42. The van der Waals surface area contributed by atoms with Gasteiger partial charge in [0.15, 0.2) is 11.5 Å². The van der Waals surface area contributed by atoms with Crippen molar-refractivity contribution in [3.8, 4) is 17.2 Å². The molecule has 0 saturated carbocycles. The molecule has 0 bridgehead atoms. The molecule has 3 rings (SSSR count). The third kappa shape index (κ3) is 2.72. The Bertz CT molecular complexity index is 643. The Morgan fingerprint density at radius 3 is 2.48 bits per heavy atom. The fourth-order valence-corrected chi connectivity index (χ4v) is 2.34. The summed E-state index contributed by atoms with van der Waals surface area (Å²) in [5, 5.41) is 10.1. The third-order valence-electron chi connectivity index (χ3n) is 3.51. The number of phenolic OH excluding ortho intramolecular Hbond substituents is 1. The van der Waals surface area contributed by atoms with E-state index in [0.717, 1.165) is 17.8 Å². The predicted molar refractivity (Wildman–Crippen MR) is 77.4 cm³/mol. The molecule has 4 nitrogen and oxygen atoms in total. The summed E-state index contributed by atoms with van der Waals surface area (Å²) in [5.41, 5.74) is 1.64. The molecule has 2 aromatic carbocycles. The van der Waals surface area contributed by atoms with Gasteiger partial charge in [0.05, 0.1) is 0 Å². The van der Waals surface area contributed by atoms with Crippen LogP contribution in [0.5, 0.6) is 17.2 Å². The highest BCUT2D eigenvalue weighted by molar-refractivity contribution is 5.54. The Kier molecular flexibility index (Phi) is 3.56. The van der Waals surface area contributed by atoms with Gasteiger partial charge in [-0.25, -0.2) is 4.39 Å². The van der Waals surface area contributed by atoms with Crippen molar-refractivity contribution < 1.29 is 19.0 Å². The van der Waals surface area contributed by atoms with Crippen LogP contribution in [0.1, 0.15) is 12.5 Å². The van der Waals surface area contributed by atoms with Crippen LogP contribution in [0.4, 0.5) is 10.1 Å². The summed E-state index contributed by atoms with van der Waals surface area (Å²) in [6, 6.07) is 9.65. The smallest absolute Gasteiger partial charge is 0.231 e. The quantitative estimate of drug-likeness (QED) is 0.938. The van der Waals surface area contributed by atoms with Gasteiger partial charge in [0.2, 0.25) is 6.79 Å². The molecule has 1 heterocycles. The molecule has 0 saturated heterocycles. The second-order valence-electron chi connectivity index (χ2n) is 4.82. The van der Waals surface area contributed by atoms with Crippen LogP contribution in [0.2, 0.25) is 0 Å². The lowest BCUT2D eigenvalue weighted by atomic mass is 10.1. The minimum atomic E-state index is -0.263. The molecular formula is C16H16FNO3. The monoisotopic (exact) mass is 289 g/mol. The number of hydrogen-bond donors (Lipinski definition) is 1. The first-order valence-corrected chi connectivity index (χ1v) is 6.79. The molecule has 0 aliphatic carbocycles. The molecule has 21 heavy (non-hydrogen) atoms. The van der Waals surface area contributed by atoms with Crippen LogP contribution in [0, 0.1) is 5.82 Å². The topological polar surface area (TPSA) is 41.9 Å². The van der Waals surface area contributed by atoms with Crippen LogP contribution in [0.25, 0.3) is 0 Å². The number of fused-ring (bicyclic) bond motifs is 1. The summed E-state index contributed by atoms with van der Waals surface area (Å²) in [4.78, 5) is 2.04. The zero-order chi connectivity index (χ0) is 14.8. The standard InChI is InChI=1S/C16H16FNO3/c1-2-18(13-5-3-12(17)4-6-13)9-11-7-15-16(8-14(11)19)21-10-20-15/h3-8,19H,2,9-10H2,1H3. The van der Waals surface area contributed by atoms with E-state index in [0.29, 0.717) is 18.0 Å². The highest BCUT2D eigenvalue weighted by Crippen LogP contribution is 2.38. The molecule has 110 valence electrons. The van der Waals surface area contributed by atoms with Crippen molar-refractivity contribution in [2.75, 3.05) is 18.2 Å². The van der Waals surface area contributed by atoms with Crippen LogP contribution in [0.3, 0.4) is 0 Å². The SMILES string of the molecule is CCN(Cc1cc2c(cc1O)OCO2)c1ccc(F)cc1. The van der Waals surface area contributed by atoms with Crippen molar-refractivity contribution in [1.82, 2.24) is 0 Å². The maximum atomic E-state index is 13.0. The molecular weight excluding hydrogens is 273 g/mol. The van der Waals surface area contributed by atoms with E-state index < -0.39 is 0 Å². The maximum Gasteiger partial charge on any atom is 0.231 e. The summed E-state index contributed by atoms with van der Waals surface area (Å²) in [7, 11) is 0. The van der Waals surface area contributed by atoms with Crippen molar-refractivity contribution in [3.63, 3.8) is 0 Å². The second kappa shape index (κ2) is 5.52. The van der Waals surface area contributed by atoms with Gasteiger partial charge in [-0.15, -0.1) is 0 Å². The first-order valence-electron chi connectivity index (χ1n) is 6.79. The molecule has 0 radical (unpaired) electrons. The van der Waals surface area contributed by atoms with Crippen molar-refractivity contribution in [2.24, 2.45) is 0 Å². The highest BCUT2D eigenvalue weighted by atomic mass is 19.1. The van der Waals surface area contributed by atoms with Gasteiger partial charge < -0.3 is 19.5 Å². The van der Waals surface area contributed by atoms with Gasteiger partial charge in [0, 0.05) is 30.4 Å². The number of benzene rings is 2. The Hall–Kier alpha value is -2.43. The molecule has 1 aliphatic heterocycles. The lowest BCUT2D eigenvalue weighted by Crippen LogP contribution is -2.22. The van der Waals surface area contributed by atoms with Gasteiger partial charge in [-0.2, -0.15) is 0 Å². The number of anilines is 1. The number of halogens is 1. The average molecular weight is 289 g/mol. The Morgan fingerprint density at radius 2 is 1.81 bits per heavy atom. The number of nitrogens with zero attached hydrogens (tertiary/aromatic N) is 1. The van der Waals surface area contributed by atoms with E-state index in [1.165, 1.54) is 12.1 Å². The molecule has 0 unspecified atom stereocenters.